The van der Waals surface area contributed by atoms with Crippen LogP contribution in [0, 0.1) is 0 Å². The van der Waals surface area contributed by atoms with Crippen LogP contribution in [-0.4, -0.2) is 30.3 Å². The first-order chi connectivity index (χ1) is 9.01. The van der Waals surface area contributed by atoms with Crippen molar-refractivity contribution in [2.45, 2.75) is 45.3 Å². The summed E-state index contributed by atoms with van der Waals surface area (Å²) in [5.74, 6) is 0.836. The van der Waals surface area contributed by atoms with Crippen LogP contribution in [0.5, 0.6) is 5.75 Å². The highest BCUT2D eigenvalue weighted by molar-refractivity contribution is 5.76. The Morgan fingerprint density at radius 2 is 1.95 bits per heavy atom. The molecule has 0 radical (unpaired) electrons. The van der Waals surface area contributed by atoms with Gasteiger partial charge < -0.3 is 15.2 Å². The highest BCUT2D eigenvalue weighted by atomic mass is 16.5. The van der Waals surface area contributed by atoms with Crippen LogP contribution in [-0.2, 0) is 11.2 Å². The van der Waals surface area contributed by atoms with Crippen molar-refractivity contribution in [2.75, 3.05) is 7.11 Å². The number of aliphatic hydroxyl groups excluding tert-OH is 1. The van der Waals surface area contributed by atoms with Gasteiger partial charge in [0.2, 0.25) is 5.91 Å². The van der Waals surface area contributed by atoms with Crippen LogP contribution < -0.4 is 10.1 Å². The lowest BCUT2D eigenvalue weighted by atomic mass is 10.1. The summed E-state index contributed by atoms with van der Waals surface area (Å²) in [6, 6.07) is 7.71. The van der Waals surface area contributed by atoms with Gasteiger partial charge in [-0.2, -0.15) is 0 Å². The molecule has 0 aromatic heterocycles. The predicted molar refractivity (Wildman–Crippen MR) is 75.2 cm³/mol. The van der Waals surface area contributed by atoms with Gasteiger partial charge in [0, 0.05) is 12.5 Å². The molecule has 4 nitrogen and oxygen atoms in total. The second-order valence-corrected chi connectivity index (χ2v) is 4.90. The van der Waals surface area contributed by atoms with Crippen molar-refractivity contribution in [1.29, 1.82) is 0 Å². The Morgan fingerprint density at radius 3 is 2.47 bits per heavy atom. The van der Waals surface area contributed by atoms with Gasteiger partial charge in [0.05, 0.1) is 13.2 Å². The molecular weight excluding hydrogens is 242 g/mol. The fraction of sp³-hybridized carbons (Fsp3) is 0.533. The molecule has 0 aliphatic carbocycles. The number of amides is 1. The summed E-state index contributed by atoms with van der Waals surface area (Å²) in [5.41, 5.74) is 1.11. The van der Waals surface area contributed by atoms with E-state index in [1.807, 2.05) is 31.2 Å². The maximum absolute atomic E-state index is 11.7. The molecule has 0 heterocycles. The van der Waals surface area contributed by atoms with Gasteiger partial charge in [-0.15, -0.1) is 0 Å². The molecule has 0 saturated carbocycles. The van der Waals surface area contributed by atoms with Gasteiger partial charge in [-0.05, 0) is 44.4 Å². The van der Waals surface area contributed by atoms with Gasteiger partial charge in [-0.1, -0.05) is 12.1 Å². The number of carbonyl (C=O) groups excluding carboxylic acids is 1. The SMILES string of the molecule is COc1ccc(CCC(=O)NC(C)CC(C)O)cc1. The van der Waals surface area contributed by atoms with Gasteiger partial charge in [-0.25, -0.2) is 0 Å². The summed E-state index contributed by atoms with van der Waals surface area (Å²) < 4.78 is 5.08. The maximum atomic E-state index is 11.7. The van der Waals surface area contributed by atoms with Crippen molar-refractivity contribution in [3.63, 3.8) is 0 Å². The highest BCUT2D eigenvalue weighted by Gasteiger charge is 2.09. The number of hydrogen-bond donors (Lipinski definition) is 2. The molecule has 2 atom stereocenters. The molecule has 1 aromatic carbocycles. The van der Waals surface area contributed by atoms with Crippen LogP contribution in [0.25, 0.3) is 0 Å². The molecule has 4 heteroatoms. The van der Waals surface area contributed by atoms with Gasteiger partial charge >= 0.3 is 0 Å². The largest absolute Gasteiger partial charge is 0.497 e. The van der Waals surface area contributed by atoms with Crippen LogP contribution in [0.2, 0.25) is 0 Å². The van der Waals surface area contributed by atoms with E-state index in [9.17, 15) is 9.90 Å². The topological polar surface area (TPSA) is 58.6 Å². The fourth-order valence-electron chi connectivity index (χ4n) is 1.97. The van der Waals surface area contributed by atoms with Crippen molar-refractivity contribution in [2.24, 2.45) is 0 Å². The zero-order chi connectivity index (χ0) is 14.3. The minimum atomic E-state index is -0.392. The lowest BCUT2D eigenvalue weighted by molar-refractivity contribution is -0.121. The number of nitrogens with one attached hydrogen (secondary N) is 1. The average molecular weight is 265 g/mol. The van der Waals surface area contributed by atoms with Gasteiger partial charge in [-0.3, -0.25) is 4.79 Å². The van der Waals surface area contributed by atoms with Crippen LogP contribution in [0.1, 0.15) is 32.3 Å². The smallest absolute Gasteiger partial charge is 0.220 e. The van der Waals surface area contributed by atoms with Crippen LogP contribution in [0.15, 0.2) is 24.3 Å². The quantitative estimate of drug-likeness (QED) is 0.791. The van der Waals surface area contributed by atoms with Crippen molar-refractivity contribution >= 4 is 5.91 Å². The summed E-state index contributed by atoms with van der Waals surface area (Å²) in [6.07, 6.45) is 1.35. The van der Waals surface area contributed by atoms with Gasteiger partial charge in [0.25, 0.3) is 0 Å². The molecule has 0 bridgehead atoms. The Kier molecular flexibility index (Phi) is 6.36. The minimum absolute atomic E-state index is 0.00312. The summed E-state index contributed by atoms with van der Waals surface area (Å²) >= 11 is 0. The zero-order valence-electron chi connectivity index (χ0n) is 11.8. The first-order valence-corrected chi connectivity index (χ1v) is 6.61. The fourth-order valence-corrected chi connectivity index (χ4v) is 1.97. The number of rotatable bonds is 7. The molecule has 0 aliphatic rings. The first-order valence-electron chi connectivity index (χ1n) is 6.61. The van der Waals surface area contributed by atoms with Crippen molar-refractivity contribution in [1.82, 2.24) is 5.32 Å². The van der Waals surface area contributed by atoms with Gasteiger partial charge in [0.1, 0.15) is 5.75 Å². The number of ether oxygens (including phenoxy) is 1. The van der Waals surface area contributed by atoms with E-state index in [4.69, 9.17) is 4.74 Å². The van der Waals surface area contributed by atoms with E-state index in [-0.39, 0.29) is 11.9 Å². The number of methoxy groups -OCH3 is 1. The molecular formula is C15H23NO3. The predicted octanol–water partition coefficient (Wildman–Crippen LogP) is 1.90. The highest BCUT2D eigenvalue weighted by Crippen LogP contribution is 2.12. The van der Waals surface area contributed by atoms with E-state index in [1.54, 1.807) is 14.0 Å². The van der Waals surface area contributed by atoms with Crippen LogP contribution in [0.3, 0.4) is 0 Å². The van der Waals surface area contributed by atoms with E-state index < -0.39 is 6.10 Å². The third-order valence-electron chi connectivity index (χ3n) is 2.90. The Hall–Kier alpha value is -1.55. The van der Waals surface area contributed by atoms with Crippen LogP contribution >= 0.6 is 0 Å². The molecule has 2 N–H and O–H groups in total. The normalized spacial score (nSPS) is 13.7. The van der Waals surface area contributed by atoms with Gasteiger partial charge in [0.15, 0.2) is 0 Å². The Morgan fingerprint density at radius 1 is 1.32 bits per heavy atom. The molecule has 1 amide bonds. The number of aliphatic hydroxyl groups is 1. The maximum Gasteiger partial charge on any atom is 0.220 e. The second-order valence-electron chi connectivity index (χ2n) is 4.90. The monoisotopic (exact) mass is 265 g/mol. The minimum Gasteiger partial charge on any atom is -0.497 e. The van der Waals surface area contributed by atoms with E-state index >= 15 is 0 Å². The van der Waals surface area contributed by atoms with E-state index in [2.05, 4.69) is 5.32 Å². The molecule has 0 fully saturated rings. The van der Waals surface area contributed by atoms with Crippen molar-refractivity contribution < 1.29 is 14.6 Å². The zero-order valence-corrected chi connectivity index (χ0v) is 11.8. The Bertz CT molecular complexity index is 387. The Balaban J connectivity index is 2.33. The molecule has 1 aromatic rings. The molecule has 1 rings (SSSR count). The standard InChI is InChI=1S/C15H23NO3/c1-11(10-12(2)17)16-15(18)9-6-13-4-7-14(19-3)8-5-13/h4-5,7-8,11-12,17H,6,9-10H2,1-3H3,(H,16,18). The molecule has 0 spiro atoms. The molecule has 0 saturated heterocycles. The summed E-state index contributed by atoms with van der Waals surface area (Å²) in [7, 11) is 1.63. The average Bonchev–Trinajstić information content (AvgIpc) is 2.36. The van der Waals surface area contributed by atoms with Crippen LogP contribution in [0.4, 0.5) is 0 Å². The third-order valence-corrected chi connectivity index (χ3v) is 2.90. The first kappa shape index (κ1) is 15.5. The number of hydrogen-bond acceptors (Lipinski definition) is 3. The summed E-state index contributed by atoms with van der Waals surface area (Å²) in [5, 5.41) is 12.1. The number of aryl methyl sites for hydroxylation is 1. The molecule has 2 unspecified atom stereocenters. The van der Waals surface area contributed by atoms with E-state index in [0.29, 0.717) is 19.3 Å². The lowest BCUT2D eigenvalue weighted by Gasteiger charge is -2.15. The third kappa shape index (κ3) is 6.25. The summed E-state index contributed by atoms with van der Waals surface area (Å²) in [6.45, 7) is 3.62. The van der Waals surface area contributed by atoms with Crippen molar-refractivity contribution in [3.05, 3.63) is 29.8 Å². The number of carbonyl (C=O) groups is 1. The number of benzene rings is 1. The second kappa shape index (κ2) is 7.79. The van der Waals surface area contributed by atoms with E-state index in [0.717, 1.165) is 11.3 Å². The molecule has 19 heavy (non-hydrogen) atoms. The lowest BCUT2D eigenvalue weighted by Crippen LogP contribution is -2.34. The van der Waals surface area contributed by atoms with E-state index in [1.165, 1.54) is 0 Å². The summed E-state index contributed by atoms with van der Waals surface area (Å²) in [4.78, 5) is 11.7. The molecule has 0 aliphatic heterocycles. The van der Waals surface area contributed by atoms with Crippen molar-refractivity contribution in [3.8, 4) is 5.75 Å². The Labute approximate surface area is 114 Å². The molecule has 106 valence electrons.